The van der Waals surface area contributed by atoms with Gasteiger partial charge in [0.15, 0.2) is 0 Å². The van der Waals surface area contributed by atoms with Crippen LogP contribution in [0.3, 0.4) is 0 Å². The molecule has 0 bridgehead atoms. The standard InChI is InChI=1S/C10H10BrNO/c1-13-9-4-5-10(12)8(7-9)3-2-6-11/h4-5,7H,6,12H2,1H3. The van der Waals surface area contributed by atoms with Crippen LogP contribution in [-0.2, 0) is 0 Å². The zero-order valence-electron chi connectivity index (χ0n) is 7.30. The summed E-state index contributed by atoms with van der Waals surface area (Å²) in [5.74, 6) is 6.59. The van der Waals surface area contributed by atoms with Gasteiger partial charge < -0.3 is 10.5 Å². The Bertz CT molecular complexity index is 352. The van der Waals surface area contributed by atoms with E-state index < -0.39 is 0 Å². The topological polar surface area (TPSA) is 35.2 Å². The molecule has 0 fully saturated rings. The van der Waals surface area contributed by atoms with E-state index in [1.807, 2.05) is 12.1 Å². The Labute approximate surface area is 86.2 Å². The van der Waals surface area contributed by atoms with Crippen molar-refractivity contribution in [3.63, 3.8) is 0 Å². The highest BCUT2D eigenvalue weighted by Gasteiger charge is 1.97. The lowest BCUT2D eigenvalue weighted by molar-refractivity contribution is 0.415. The Hall–Kier alpha value is -1.14. The van der Waals surface area contributed by atoms with Crippen molar-refractivity contribution in [3.8, 4) is 17.6 Å². The number of hydrogen-bond acceptors (Lipinski definition) is 2. The maximum absolute atomic E-state index is 5.71. The van der Waals surface area contributed by atoms with Gasteiger partial charge in [-0.15, -0.1) is 0 Å². The predicted molar refractivity (Wildman–Crippen MR) is 58.1 cm³/mol. The molecule has 0 saturated carbocycles. The summed E-state index contributed by atoms with van der Waals surface area (Å²) in [6, 6.07) is 5.43. The van der Waals surface area contributed by atoms with Crippen molar-refractivity contribution in [3.05, 3.63) is 23.8 Å². The van der Waals surface area contributed by atoms with Crippen molar-refractivity contribution in [2.24, 2.45) is 0 Å². The lowest BCUT2D eigenvalue weighted by atomic mass is 10.2. The number of hydrogen-bond donors (Lipinski definition) is 1. The van der Waals surface area contributed by atoms with Gasteiger partial charge in [0.2, 0.25) is 0 Å². The van der Waals surface area contributed by atoms with Gasteiger partial charge in [0.25, 0.3) is 0 Å². The molecule has 68 valence electrons. The third kappa shape index (κ3) is 2.67. The van der Waals surface area contributed by atoms with E-state index in [-0.39, 0.29) is 0 Å². The number of anilines is 1. The van der Waals surface area contributed by atoms with E-state index >= 15 is 0 Å². The summed E-state index contributed by atoms with van der Waals surface area (Å²) < 4.78 is 5.05. The summed E-state index contributed by atoms with van der Waals surface area (Å²) in [6.45, 7) is 0. The molecule has 0 amide bonds. The first-order valence-electron chi connectivity index (χ1n) is 3.76. The molecule has 3 heteroatoms. The quantitative estimate of drug-likeness (QED) is 0.463. The molecule has 2 N–H and O–H groups in total. The van der Waals surface area contributed by atoms with E-state index in [9.17, 15) is 0 Å². The molecule has 0 spiro atoms. The van der Waals surface area contributed by atoms with Crippen molar-refractivity contribution in [1.82, 2.24) is 0 Å². The van der Waals surface area contributed by atoms with E-state index in [0.29, 0.717) is 11.0 Å². The number of ether oxygens (including phenoxy) is 1. The number of methoxy groups -OCH3 is 1. The number of halogens is 1. The zero-order valence-corrected chi connectivity index (χ0v) is 8.89. The van der Waals surface area contributed by atoms with Gasteiger partial charge in [0.1, 0.15) is 5.75 Å². The summed E-state index contributed by atoms with van der Waals surface area (Å²) >= 11 is 3.22. The second-order valence-electron chi connectivity index (χ2n) is 2.39. The van der Waals surface area contributed by atoms with Gasteiger partial charge in [0.05, 0.1) is 18.0 Å². The maximum atomic E-state index is 5.71. The smallest absolute Gasteiger partial charge is 0.120 e. The predicted octanol–water partition coefficient (Wildman–Crippen LogP) is 2.02. The highest BCUT2D eigenvalue weighted by molar-refractivity contribution is 9.09. The van der Waals surface area contributed by atoms with Gasteiger partial charge >= 0.3 is 0 Å². The summed E-state index contributed by atoms with van der Waals surface area (Å²) in [5.41, 5.74) is 7.19. The van der Waals surface area contributed by atoms with Crippen molar-refractivity contribution < 1.29 is 4.74 Å². The molecular formula is C10H10BrNO. The molecule has 0 unspecified atom stereocenters. The largest absolute Gasteiger partial charge is 0.497 e. The Balaban J connectivity index is 3.04. The van der Waals surface area contributed by atoms with Crippen LogP contribution in [0.15, 0.2) is 18.2 Å². The number of nitrogen functional groups attached to an aromatic ring is 1. The van der Waals surface area contributed by atoms with Crippen LogP contribution in [0.4, 0.5) is 5.69 Å². The Morgan fingerprint density at radius 1 is 1.54 bits per heavy atom. The zero-order chi connectivity index (χ0) is 9.68. The molecule has 13 heavy (non-hydrogen) atoms. The summed E-state index contributed by atoms with van der Waals surface area (Å²) in [6.07, 6.45) is 0. The molecule has 0 heterocycles. The van der Waals surface area contributed by atoms with E-state index in [2.05, 4.69) is 27.8 Å². The number of alkyl halides is 1. The van der Waals surface area contributed by atoms with Crippen LogP contribution in [0.2, 0.25) is 0 Å². The van der Waals surface area contributed by atoms with Crippen LogP contribution in [0.5, 0.6) is 5.75 Å². The molecule has 0 aliphatic carbocycles. The van der Waals surface area contributed by atoms with Crippen molar-refractivity contribution in [2.45, 2.75) is 0 Å². The van der Waals surface area contributed by atoms with Crippen LogP contribution in [0.25, 0.3) is 0 Å². The second-order valence-corrected chi connectivity index (χ2v) is 2.95. The van der Waals surface area contributed by atoms with Crippen molar-refractivity contribution in [2.75, 3.05) is 18.2 Å². The average Bonchev–Trinajstić information content (AvgIpc) is 2.17. The minimum Gasteiger partial charge on any atom is -0.497 e. The molecule has 0 radical (unpaired) electrons. The fourth-order valence-corrected chi connectivity index (χ4v) is 1.04. The molecule has 1 aromatic carbocycles. The van der Waals surface area contributed by atoms with Crippen molar-refractivity contribution >= 4 is 21.6 Å². The van der Waals surface area contributed by atoms with E-state index in [1.54, 1.807) is 13.2 Å². The van der Waals surface area contributed by atoms with Gasteiger partial charge in [-0.05, 0) is 18.2 Å². The van der Waals surface area contributed by atoms with Crippen molar-refractivity contribution in [1.29, 1.82) is 0 Å². The maximum Gasteiger partial charge on any atom is 0.120 e. The molecule has 0 aliphatic heterocycles. The van der Waals surface area contributed by atoms with Gasteiger partial charge in [0, 0.05) is 5.69 Å². The average molecular weight is 240 g/mol. The molecule has 0 aromatic heterocycles. The second kappa shape index (κ2) is 4.78. The van der Waals surface area contributed by atoms with Crippen LogP contribution in [0, 0.1) is 11.8 Å². The first-order valence-corrected chi connectivity index (χ1v) is 4.88. The third-order valence-corrected chi connectivity index (χ3v) is 1.83. The Morgan fingerprint density at radius 3 is 2.92 bits per heavy atom. The van der Waals surface area contributed by atoms with Gasteiger partial charge in [-0.2, -0.15) is 0 Å². The number of rotatable bonds is 1. The highest BCUT2D eigenvalue weighted by Crippen LogP contribution is 2.18. The van der Waals surface area contributed by atoms with Gasteiger partial charge in [-0.3, -0.25) is 0 Å². The third-order valence-electron chi connectivity index (χ3n) is 1.55. The minimum absolute atomic E-state index is 0.643. The lowest BCUT2D eigenvalue weighted by Gasteiger charge is -2.02. The van der Waals surface area contributed by atoms with Crippen LogP contribution in [0.1, 0.15) is 5.56 Å². The van der Waals surface area contributed by atoms with Crippen LogP contribution >= 0.6 is 15.9 Å². The lowest BCUT2D eigenvalue weighted by Crippen LogP contribution is -1.91. The first-order chi connectivity index (χ1) is 6.27. The number of benzene rings is 1. The molecule has 0 atom stereocenters. The molecule has 0 saturated heterocycles. The molecule has 1 rings (SSSR count). The fourth-order valence-electron chi connectivity index (χ4n) is 0.899. The summed E-state index contributed by atoms with van der Waals surface area (Å²) in [4.78, 5) is 0. The Kier molecular flexibility index (Phi) is 3.66. The molecule has 0 aliphatic rings. The van der Waals surface area contributed by atoms with Gasteiger partial charge in [-0.25, -0.2) is 0 Å². The summed E-state index contributed by atoms with van der Waals surface area (Å²) in [5, 5.41) is 0.643. The molecular weight excluding hydrogens is 230 g/mol. The van der Waals surface area contributed by atoms with Crippen LogP contribution in [-0.4, -0.2) is 12.4 Å². The molecule has 1 aromatic rings. The minimum atomic E-state index is 0.643. The van der Waals surface area contributed by atoms with E-state index in [1.165, 1.54) is 0 Å². The summed E-state index contributed by atoms with van der Waals surface area (Å²) in [7, 11) is 1.62. The van der Waals surface area contributed by atoms with E-state index in [4.69, 9.17) is 10.5 Å². The normalized spacial score (nSPS) is 8.77. The Morgan fingerprint density at radius 2 is 2.31 bits per heavy atom. The van der Waals surface area contributed by atoms with E-state index in [0.717, 1.165) is 11.3 Å². The highest BCUT2D eigenvalue weighted by atomic mass is 79.9. The number of nitrogens with two attached hydrogens (primary N) is 1. The fraction of sp³-hybridized carbons (Fsp3) is 0.200. The SMILES string of the molecule is COc1ccc(N)c(C#CCBr)c1. The monoisotopic (exact) mass is 239 g/mol. The molecule has 2 nitrogen and oxygen atoms in total. The first kappa shape index (κ1) is 9.94. The van der Waals surface area contributed by atoms with Crippen LogP contribution < -0.4 is 10.5 Å². The van der Waals surface area contributed by atoms with Gasteiger partial charge in [-0.1, -0.05) is 27.8 Å².